The Kier molecular flexibility index (Phi) is 8.83. The van der Waals surface area contributed by atoms with Crippen LogP contribution in [0.5, 0.6) is 0 Å². The van der Waals surface area contributed by atoms with Crippen molar-refractivity contribution in [3.05, 3.63) is 48.0 Å². The summed E-state index contributed by atoms with van der Waals surface area (Å²) in [5.74, 6) is 1.65. The molecule has 2 aromatic carbocycles. The second-order valence-electron chi connectivity index (χ2n) is 7.68. The number of nitrogens with zero attached hydrogens (tertiary/aromatic N) is 2. The molecule has 0 radical (unpaired) electrons. The molecule has 148 valence electrons. The summed E-state index contributed by atoms with van der Waals surface area (Å²) in [5, 5.41) is 9.69. The van der Waals surface area contributed by atoms with Crippen LogP contribution in [0.25, 0.3) is 10.8 Å². The molecule has 0 amide bonds. The summed E-state index contributed by atoms with van der Waals surface area (Å²) in [6.45, 7) is 8.94. The van der Waals surface area contributed by atoms with Crippen molar-refractivity contribution in [2.24, 2.45) is 10.9 Å². The Hall–Kier alpha value is -1.34. The highest BCUT2D eigenvalue weighted by Crippen LogP contribution is 2.18. The molecule has 2 aromatic rings. The highest BCUT2D eigenvalue weighted by atomic mass is 127. The van der Waals surface area contributed by atoms with Crippen molar-refractivity contribution in [1.29, 1.82) is 0 Å². The van der Waals surface area contributed by atoms with E-state index in [-0.39, 0.29) is 24.0 Å². The minimum atomic E-state index is 0. The van der Waals surface area contributed by atoms with Gasteiger partial charge >= 0.3 is 0 Å². The van der Waals surface area contributed by atoms with E-state index >= 15 is 0 Å². The number of benzene rings is 2. The fraction of sp³-hybridized carbons (Fsp3) is 0.500. The molecule has 0 bridgehead atoms. The Labute approximate surface area is 180 Å². The van der Waals surface area contributed by atoms with Crippen LogP contribution in [0.4, 0.5) is 0 Å². The summed E-state index contributed by atoms with van der Waals surface area (Å²) in [4.78, 5) is 7.00. The predicted molar refractivity (Wildman–Crippen MR) is 127 cm³/mol. The summed E-state index contributed by atoms with van der Waals surface area (Å²) in [6, 6.07) is 15.5. The molecule has 0 saturated carbocycles. The fourth-order valence-electron chi connectivity index (χ4n) is 3.79. The fourth-order valence-corrected chi connectivity index (χ4v) is 3.79. The first kappa shape index (κ1) is 22.0. The highest BCUT2D eigenvalue weighted by Gasteiger charge is 2.20. The van der Waals surface area contributed by atoms with Crippen molar-refractivity contribution in [2.75, 3.05) is 26.7 Å². The summed E-state index contributed by atoms with van der Waals surface area (Å²) in [7, 11) is 1.85. The number of hydrogen-bond acceptors (Lipinski definition) is 2. The topological polar surface area (TPSA) is 39.7 Å². The number of guanidine groups is 1. The van der Waals surface area contributed by atoms with Crippen molar-refractivity contribution in [3.8, 4) is 0 Å². The van der Waals surface area contributed by atoms with Gasteiger partial charge in [-0.25, -0.2) is 0 Å². The molecule has 1 saturated heterocycles. The van der Waals surface area contributed by atoms with Gasteiger partial charge in [0.25, 0.3) is 0 Å². The van der Waals surface area contributed by atoms with Gasteiger partial charge in [0.2, 0.25) is 0 Å². The van der Waals surface area contributed by atoms with E-state index in [1.807, 2.05) is 7.05 Å². The van der Waals surface area contributed by atoms with E-state index in [0.29, 0.717) is 6.04 Å². The average molecular weight is 480 g/mol. The van der Waals surface area contributed by atoms with Crippen LogP contribution in [0, 0.1) is 5.92 Å². The Balaban J connectivity index is 0.00000261. The van der Waals surface area contributed by atoms with Gasteiger partial charge in [0, 0.05) is 39.3 Å². The Morgan fingerprint density at radius 2 is 1.81 bits per heavy atom. The van der Waals surface area contributed by atoms with Crippen LogP contribution < -0.4 is 10.6 Å². The molecule has 1 fully saturated rings. The summed E-state index contributed by atoms with van der Waals surface area (Å²) in [5.41, 5.74) is 1.30. The first-order valence-corrected chi connectivity index (χ1v) is 9.82. The molecule has 1 heterocycles. The molecule has 4 nitrogen and oxygen atoms in total. The number of nitrogens with one attached hydrogen (secondary N) is 2. The molecule has 2 N–H and O–H groups in total. The lowest BCUT2D eigenvalue weighted by Crippen LogP contribution is -2.49. The van der Waals surface area contributed by atoms with E-state index in [1.165, 1.54) is 48.8 Å². The van der Waals surface area contributed by atoms with E-state index < -0.39 is 0 Å². The molecule has 1 aliphatic rings. The van der Waals surface area contributed by atoms with Gasteiger partial charge in [-0.05, 0) is 35.1 Å². The van der Waals surface area contributed by atoms with E-state index in [0.717, 1.165) is 18.4 Å². The second-order valence-corrected chi connectivity index (χ2v) is 7.68. The molecular formula is C22H33IN4. The number of aliphatic imine (C=N–C) groups is 1. The van der Waals surface area contributed by atoms with Gasteiger partial charge in [-0.1, -0.05) is 56.3 Å². The normalized spacial score (nSPS) is 16.4. The molecular weight excluding hydrogens is 447 g/mol. The Morgan fingerprint density at radius 3 is 2.52 bits per heavy atom. The van der Waals surface area contributed by atoms with E-state index in [1.54, 1.807) is 0 Å². The third kappa shape index (κ3) is 6.35. The van der Waals surface area contributed by atoms with E-state index in [2.05, 4.69) is 76.8 Å². The van der Waals surface area contributed by atoms with Gasteiger partial charge in [-0.15, -0.1) is 24.0 Å². The molecule has 5 heteroatoms. The van der Waals surface area contributed by atoms with Crippen molar-refractivity contribution in [1.82, 2.24) is 15.5 Å². The van der Waals surface area contributed by atoms with Gasteiger partial charge in [0.15, 0.2) is 5.96 Å². The van der Waals surface area contributed by atoms with Crippen molar-refractivity contribution in [3.63, 3.8) is 0 Å². The third-order valence-corrected chi connectivity index (χ3v) is 5.10. The van der Waals surface area contributed by atoms with Crippen LogP contribution >= 0.6 is 24.0 Å². The van der Waals surface area contributed by atoms with Crippen LogP contribution in [-0.2, 0) is 6.54 Å². The van der Waals surface area contributed by atoms with Gasteiger partial charge < -0.3 is 15.5 Å². The molecule has 0 aliphatic carbocycles. The van der Waals surface area contributed by atoms with Crippen LogP contribution in [0.2, 0.25) is 0 Å². The lowest BCUT2D eigenvalue weighted by molar-refractivity contribution is 0.187. The molecule has 0 atom stereocenters. The summed E-state index contributed by atoms with van der Waals surface area (Å²) in [6.07, 6.45) is 2.36. The number of hydrogen-bond donors (Lipinski definition) is 2. The third-order valence-electron chi connectivity index (χ3n) is 5.10. The van der Waals surface area contributed by atoms with E-state index in [4.69, 9.17) is 0 Å². The number of rotatable bonds is 5. The van der Waals surface area contributed by atoms with Gasteiger partial charge in [0.1, 0.15) is 0 Å². The standard InChI is InChI=1S/C22H32N4.HI/c1-17(2)16-26-13-11-20(12-14-26)25-22(23-3)24-15-19-9-6-8-18-7-4-5-10-21(18)19;/h4-10,17,20H,11-16H2,1-3H3,(H2,23,24,25);1H. The van der Waals surface area contributed by atoms with Crippen LogP contribution in [0.15, 0.2) is 47.5 Å². The Bertz CT molecular complexity index is 731. The zero-order chi connectivity index (χ0) is 18.4. The van der Waals surface area contributed by atoms with Crippen molar-refractivity contribution >= 4 is 40.7 Å². The van der Waals surface area contributed by atoms with Crippen molar-refractivity contribution in [2.45, 2.75) is 39.3 Å². The van der Waals surface area contributed by atoms with Crippen LogP contribution in [0.3, 0.4) is 0 Å². The average Bonchev–Trinajstić information content (AvgIpc) is 2.66. The van der Waals surface area contributed by atoms with Gasteiger partial charge in [0.05, 0.1) is 0 Å². The zero-order valence-electron chi connectivity index (χ0n) is 16.7. The zero-order valence-corrected chi connectivity index (χ0v) is 19.1. The van der Waals surface area contributed by atoms with Crippen LogP contribution in [-0.4, -0.2) is 43.6 Å². The number of likely N-dealkylation sites (tertiary alicyclic amines) is 1. The monoisotopic (exact) mass is 480 g/mol. The van der Waals surface area contributed by atoms with E-state index in [9.17, 15) is 0 Å². The first-order chi connectivity index (χ1) is 12.7. The highest BCUT2D eigenvalue weighted by molar-refractivity contribution is 14.0. The minimum Gasteiger partial charge on any atom is -0.354 e. The molecule has 27 heavy (non-hydrogen) atoms. The second kappa shape index (κ2) is 10.9. The van der Waals surface area contributed by atoms with Gasteiger partial charge in [-0.3, -0.25) is 4.99 Å². The lowest BCUT2D eigenvalue weighted by Gasteiger charge is -2.34. The number of halogens is 1. The Morgan fingerprint density at radius 1 is 1.11 bits per heavy atom. The molecule has 1 aliphatic heterocycles. The van der Waals surface area contributed by atoms with Crippen molar-refractivity contribution < 1.29 is 0 Å². The summed E-state index contributed by atoms with van der Waals surface area (Å²) >= 11 is 0. The number of fused-ring (bicyclic) bond motifs is 1. The first-order valence-electron chi connectivity index (χ1n) is 9.82. The molecule has 0 spiro atoms. The molecule has 0 aromatic heterocycles. The molecule has 0 unspecified atom stereocenters. The minimum absolute atomic E-state index is 0. The lowest BCUT2D eigenvalue weighted by atomic mass is 10.0. The predicted octanol–water partition coefficient (Wildman–Crippen LogP) is 4.24. The smallest absolute Gasteiger partial charge is 0.191 e. The number of piperidine rings is 1. The van der Waals surface area contributed by atoms with Crippen LogP contribution in [0.1, 0.15) is 32.3 Å². The van der Waals surface area contributed by atoms with Gasteiger partial charge in [-0.2, -0.15) is 0 Å². The maximum atomic E-state index is 4.43. The SMILES string of the molecule is CN=C(NCc1cccc2ccccc12)NC1CCN(CC(C)C)CC1.I. The maximum absolute atomic E-state index is 4.43. The quantitative estimate of drug-likeness (QED) is 0.382. The summed E-state index contributed by atoms with van der Waals surface area (Å²) < 4.78 is 0. The molecule has 3 rings (SSSR count). The largest absolute Gasteiger partial charge is 0.354 e. The maximum Gasteiger partial charge on any atom is 0.191 e.